The third-order valence-corrected chi connectivity index (χ3v) is 5.67. The molecule has 0 radical (unpaired) electrons. The monoisotopic (exact) mass is 353 g/mol. The minimum atomic E-state index is 0.00131. The molecule has 1 aliphatic carbocycles. The summed E-state index contributed by atoms with van der Waals surface area (Å²) in [6.45, 7) is 21.7. The van der Waals surface area contributed by atoms with Gasteiger partial charge < -0.3 is 9.57 Å². The number of nitrogens with zero attached hydrogens (tertiary/aromatic N) is 1. The molecule has 0 spiro atoms. The fourth-order valence-electron chi connectivity index (χ4n) is 4.82. The second-order valence-corrected chi connectivity index (χ2v) is 10.2. The Bertz CT molecular complexity index is 403. The highest BCUT2D eigenvalue weighted by molar-refractivity contribution is 4.91. The SMILES string of the molecule is C=CCN(CC(C)OC1(C)CCC(C(C)(C)CC(C)(C)C)CC1)OC. The van der Waals surface area contributed by atoms with Crippen molar-refractivity contribution in [2.45, 2.75) is 92.3 Å². The lowest BCUT2D eigenvalue weighted by molar-refractivity contribution is -0.173. The first-order valence-electron chi connectivity index (χ1n) is 9.98. The van der Waals surface area contributed by atoms with E-state index >= 15 is 0 Å². The van der Waals surface area contributed by atoms with Crippen LogP contribution in [-0.4, -0.2) is 37.0 Å². The van der Waals surface area contributed by atoms with Gasteiger partial charge in [0, 0.05) is 6.54 Å². The Kier molecular flexibility index (Phi) is 8.17. The molecule has 0 saturated heterocycles. The van der Waals surface area contributed by atoms with Crippen molar-refractivity contribution in [3.63, 3.8) is 0 Å². The van der Waals surface area contributed by atoms with Crippen molar-refractivity contribution < 1.29 is 9.57 Å². The van der Waals surface area contributed by atoms with Crippen molar-refractivity contribution in [3.8, 4) is 0 Å². The van der Waals surface area contributed by atoms with Gasteiger partial charge in [0.2, 0.25) is 0 Å². The van der Waals surface area contributed by atoms with Crippen molar-refractivity contribution in [2.24, 2.45) is 16.7 Å². The van der Waals surface area contributed by atoms with E-state index in [9.17, 15) is 0 Å². The van der Waals surface area contributed by atoms with Gasteiger partial charge >= 0.3 is 0 Å². The summed E-state index contributed by atoms with van der Waals surface area (Å²) in [4.78, 5) is 5.37. The zero-order valence-corrected chi connectivity index (χ0v) is 18.2. The minimum absolute atomic E-state index is 0.00131. The molecule has 0 aromatic carbocycles. The van der Waals surface area contributed by atoms with Gasteiger partial charge in [-0.25, -0.2) is 0 Å². The zero-order valence-electron chi connectivity index (χ0n) is 18.2. The van der Waals surface area contributed by atoms with Crippen LogP contribution in [-0.2, 0) is 9.57 Å². The van der Waals surface area contributed by atoms with Gasteiger partial charge in [-0.2, -0.15) is 5.06 Å². The van der Waals surface area contributed by atoms with E-state index in [0.29, 0.717) is 10.8 Å². The predicted molar refractivity (Wildman–Crippen MR) is 108 cm³/mol. The van der Waals surface area contributed by atoms with E-state index in [4.69, 9.17) is 9.57 Å². The van der Waals surface area contributed by atoms with E-state index in [-0.39, 0.29) is 11.7 Å². The van der Waals surface area contributed by atoms with E-state index in [1.807, 2.05) is 11.1 Å². The molecule has 0 N–H and O–H groups in total. The Morgan fingerprint density at radius 3 is 2.20 bits per heavy atom. The van der Waals surface area contributed by atoms with Crippen LogP contribution in [0.1, 0.15) is 80.6 Å². The maximum absolute atomic E-state index is 6.46. The highest BCUT2D eigenvalue weighted by atomic mass is 16.7. The van der Waals surface area contributed by atoms with Crippen LogP contribution in [0.5, 0.6) is 0 Å². The Hall–Kier alpha value is -0.380. The van der Waals surface area contributed by atoms with E-state index < -0.39 is 0 Å². The highest BCUT2D eigenvalue weighted by Gasteiger charge is 2.40. The first-order valence-corrected chi connectivity index (χ1v) is 9.98. The molecular weight excluding hydrogens is 310 g/mol. The van der Waals surface area contributed by atoms with Crippen molar-refractivity contribution in [3.05, 3.63) is 12.7 Å². The Balaban J connectivity index is 2.54. The molecule has 0 bridgehead atoms. The number of hydrogen-bond acceptors (Lipinski definition) is 3. The molecule has 25 heavy (non-hydrogen) atoms. The lowest BCUT2D eigenvalue weighted by Crippen LogP contribution is -2.43. The lowest BCUT2D eigenvalue weighted by atomic mass is 9.63. The molecule has 1 fully saturated rings. The van der Waals surface area contributed by atoms with E-state index in [2.05, 4.69) is 55.0 Å². The molecule has 0 amide bonds. The fourth-order valence-corrected chi connectivity index (χ4v) is 4.82. The number of hydrogen-bond donors (Lipinski definition) is 0. The third kappa shape index (κ3) is 7.80. The van der Waals surface area contributed by atoms with Crippen LogP contribution in [0, 0.1) is 16.7 Å². The summed E-state index contributed by atoms with van der Waals surface area (Å²) in [5, 5.41) is 1.90. The van der Waals surface area contributed by atoms with Gasteiger partial charge in [-0.1, -0.05) is 40.7 Å². The second-order valence-electron chi connectivity index (χ2n) is 10.2. The van der Waals surface area contributed by atoms with Gasteiger partial charge in [0.1, 0.15) is 0 Å². The number of ether oxygens (including phenoxy) is 1. The van der Waals surface area contributed by atoms with Gasteiger partial charge in [0.05, 0.1) is 25.4 Å². The molecule has 1 atom stereocenters. The second kappa shape index (κ2) is 9.01. The summed E-state index contributed by atoms with van der Waals surface area (Å²) in [5.41, 5.74) is 0.799. The van der Waals surface area contributed by atoms with Crippen LogP contribution in [0.15, 0.2) is 12.7 Å². The first kappa shape index (κ1) is 22.7. The van der Waals surface area contributed by atoms with Gasteiger partial charge in [0.15, 0.2) is 0 Å². The van der Waals surface area contributed by atoms with E-state index in [0.717, 1.165) is 31.8 Å². The topological polar surface area (TPSA) is 21.7 Å². The predicted octanol–water partition coefficient (Wildman–Crippen LogP) is 5.85. The fraction of sp³-hybridized carbons (Fsp3) is 0.909. The van der Waals surface area contributed by atoms with E-state index in [1.54, 1.807) is 7.11 Å². The summed E-state index contributed by atoms with van der Waals surface area (Å²) in [6.07, 6.45) is 8.15. The van der Waals surface area contributed by atoms with Crippen LogP contribution in [0.2, 0.25) is 0 Å². The van der Waals surface area contributed by atoms with E-state index in [1.165, 1.54) is 19.3 Å². The molecule has 1 unspecified atom stereocenters. The summed E-state index contributed by atoms with van der Waals surface area (Å²) in [6, 6.07) is 0. The molecule has 0 aromatic rings. The quantitative estimate of drug-likeness (QED) is 0.383. The van der Waals surface area contributed by atoms with Crippen molar-refractivity contribution in [2.75, 3.05) is 20.2 Å². The van der Waals surface area contributed by atoms with Crippen LogP contribution >= 0.6 is 0 Å². The average Bonchev–Trinajstić information content (AvgIpc) is 2.44. The summed E-state index contributed by atoms with van der Waals surface area (Å²) >= 11 is 0. The zero-order chi connectivity index (χ0) is 19.3. The van der Waals surface area contributed by atoms with Crippen LogP contribution in [0.4, 0.5) is 0 Å². The summed E-state index contributed by atoms with van der Waals surface area (Å²) in [7, 11) is 1.71. The van der Waals surface area contributed by atoms with Crippen LogP contribution < -0.4 is 0 Å². The van der Waals surface area contributed by atoms with Gasteiger partial charge in [-0.15, -0.1) is 6.58 Å². The van der Waals surface area contributed by atoms with Crippen molar-refractivity contribution >= 4 is 0 Å². The Morgan fingerprint density at radius 2 is 1.76 bits per heavy atom. The van der Waals surface area contributed by atoms with Gasteiger partial charge in [0.25, 0.3) is 0 Å². The number of rotatable bonds is 9. The third-order valence-electron chi connectivity index (χ3n) is 5.67. The molecule has 1 aliphatic rings. The molecular formula is C22H43NO2. The minimum Gasteiger partial charge on any atom is -0.371 e. The highest BCUT2D eigenvalue weighted by Crippen LogP contribution is 2.47. The normalized spacial score (nSPS) is 26.7. The Morgan fingerprint density at radius 1 is 1.20 bits per heavy atom. The van der Waals surface area contributed by atoms with Crippen molar-refractivity contribution in [1.29, 1.82) is 0 Å². The van der Waals surface area contributed by atoms with Crippen LogP contribution in [0.25, 0.3) is 0 Å². The molecule has 0 aromatic heterocycles. The maximum Gasteiger partial charge on any atom is 0.0704 e. The van der Waals surface area contributed by atoms with Gasteiger partial charge in [-0.3, -0.25) is 0 Å². The molecule has 0 heterocycles. The number of hydroxylamine groups is 2. The average molecular weight is 354 g/mol. The Labute approximate surface area is 157 Å². The molecule has 1 saturated carbocycles. The molecule has 148 valence electrons. The van der Waals surface area contributed by atoms with Crippen molar-refractivity contribution in [1.82, 2.24) is 5.06 Å². The smallest absolute Gasteiger partial charge is 0.0704 e. The largest absolute Gasteiger partial charge is 0.371 e. The maximum atomic E-state index is 6.46. The lowest BCUT2D eigenvalue weighted by Gasteiger charge is -2.46. The van der Waals surface area contributed by atoms with Gasteiger partial charge in [-0.05, 0) is 62.7 Å². The molecule has 1 rings (SSSR count). The summed E-state index contributed by atoms with van der Waals surface area (Å²) in [5.74, 6) is 0.801. The molecule has 3 heteroatoms. The molecule has 3 nitrogen and oxygen atoms in total. The van der Waals surface area contributed by atoms with Crippen LogP contribution in [0.3, 0.4) is 0 Å². The first-order chi connectivity index (χ1) is 11.4. The summed E-state index contributed by atoms with van der Waals surface area (Å²) < 4.78 is 6.46. The standard InChI is InChI=1S/C22H43NO2/c1-10-15-23(24-9)16-18(2)25-22(8)13-11-19(12-14-22)21(6,7)17-20(3,4)5/h10,18-19H,1,11-17H2,2-9H3. The molecule has 0 aliphatic heterocycles.